The molecule has 0 spiro atoms. The lowest BCUT2D eigenvalue weighted by molar-refractivity contribution is -0.150. The highest BCUT2D eigenvalue weighted by Crippen LogP contribution is 2.25. The number of nitrogens with zero attached hydrogens (tertiary/aromatic N) is 1. The van der Waals surface area contributed by atoms with E-state index in [0.717, 1.165) is 12.1 Å². The van der Waals surface area contributed by atoms with Crippen molar-refractivity contribution >= 4 is 16.0 Å². The quantitative estimate of drug-likeness (QED) is 0.504. The number of rotatable bonds is 7. The van der Waals surface area contributed by atoms with Gasteiger partial charge in [0.1, 0.15) is 19.0 Å². The minimum atomic E-state index is -3.82. The molecule has 0 N–H and O–H groups in total. The maximum atomic E-state index is 13.5. The van der Waals surface area contributed by atoms with E-state index in [1.165, 1.54) is 34.6 Å². The van der Waals surface area contributed by atoms with Crippen LogP contribution in [0.1, 0.15) is 12.8 Å². The zero-order valence-corrected chi connectivity index (χ0v) is 16.4. The third kappa shape index (κ3) is 5.30. The van der Waals surface area contributed by atoms with E-state index in [0.29, 0.717) is 12.8 Å². The largest absolute Gasteiger partial charge is 0.487 e. The lowest BCUT2D eigenvalue weighted by Gasteiger charge is -2.30. The molecule has 0 aromatic heterocycles. The van der Waals surface area contributed by atoms with Gasteiger partial charge in [-0.25, -0.2) is 17.2 Å². The van der Waals surface area contributed by atoms with Crippen molar-refractivity contribution in [1.29, 1.82) is 0 Å². The standard InChI is InChI=1S/C20H21F2NO5S/c21-16-7-9-17(10-8-16)29(25,26)23-11-3-4-15(14-23)20(24)28-13-12-27-19-6-2-1-5-18(19)22/h1-2,5-10,15H,3-4,11-14H2. The molecule has 1 fully saturated rings. The van der Waals surface area contributed by atoms with Gasteiger partial charge in [-0.2, -0.15) is 4.31 Å². The van der Waals surface area contributed by atoms with E-state index >= 15 is 0 Å². The van der Waals surface area contributed by atoms with Crippen molar-refractivity contribution in [3.63, 3.8) is 0 Å². The highest BCUT2D eigenvalue weighted by Gasteiger charge is 2.34. The van der Waals surface area contributed by atoms with E-state index in [9.17, 15) is 22.0 Å². The van der Waals surface area contributed by atoms with Crippen LogP contribution in [0.3, 0.4) is 0 Å². The zero-order valence-electron chi connectivity index (χ0n) is 15.6. The average Bonchev–Trinajstić information content (AvgIpc) is 2.72. The van der Waals surface area contributed by atoms with E-state index in [-0.39, 0.29) is 36.9 Å². The predicted molar refractivity (Wildman–Crippen MR) is 101 cm³/mol. The maximum Gasteiger partial charge on any atom is 0.310 e. The van der Waals surface area contributed by atoms with Gasteiger partial charge in [-0.3, -0.25) is 4.79 Å². The number of sulfonamides is 1. The van der Waals surface area contributed by atoms with Gasteiger partial charge in [0.15, 0.2) is 11.6 Å². The summed E-state index contributed by atoms with van der Waals surface area (Å²) in [4.78, 5) is 12.3. The number of esters is 1. The molecule has 1 aliphatic heterocycles. The summed E-state index contributed by atoms with van der Waals surface area (Å²) >= 11 is 0. The summed E-state index contributed by atoms with van der Waals surface area (Å²) < 4.78 is 63.6. The van der Waals surface area contributed by atoms with Gasteiger partial charge >= 0.3 is 5.97 Å². The van der Waals surface area contributed by atoms with Crippen LogP contribution in [-0.2, 0) is 19.6 Å². The Morgan fingerprint density at radius 1 is 1.07 bits per heavy atom. The van der Waals surface area contributed by atoms with Crippen LogP contribution in [0.4, 0.5) is 8.78 Å². The van der Waals surface area contributed by atoms with Gasteiger partial charge in [-0.1, -0.05) is 12.1 Å². The van der Waals surface area contributed by atoms with Crippen molar-refractivity contribution in [2.24, 2.45) is 5.92 Å². The molecule has 0 radical (unpaired) electrons. The predicted octanol–water partition coefficient (Wildman–Crippen LogP) is 2.99. The second-order valence-corrected chi connectivity index (χ2v) is 8.54. The molecule has 0 aliphatic carbocycles. The number of halogens is 2. The van der Waals surface area contributed by atoms with Crippen LogP contribution in [0.2, 0.25) is 0 Å². The molecule has 1 saturated heterocycles. The van der Waals surface area contributed by atoms with E-state index in [2.05, 4.69) is 0 Å². The molecule has 2 aromatic rings. The number of ether oxygens (including phenoxy) is 2. The molecule has 0 bridgehead atoms. The summed E-state index contributed by atoms with van der Waals surface area (Å²) in [7, 11) is -3.82. The molecule has 1 aliphatic rings. The topological polar surface area (TPSA) is 72.9 Å². The van der Waals surface area contributed by atoms with Crippen LogP contribution < -0.4 is 4.74 Å². The van der Waals surface area contributed by atoms with E-state index in [1.807, 2.05) is 0 Å². The second kappa shape index (κ2) is 9.32. The molecule has 3 rings (SSSR count). The Bertz CT molecular complexity index is 950. The summed E-state index contributed by atoms with van der Waals surface area (Å²) in [6, 6.07) is 10.5. The molecule has 1 atom stereocenters. The Hall–Kier alpha value is -2.52. The van der Waals surface area contributed by atoms with Gasteiger partial charge in [-0.05, 0) is 49.2 Å². The van der Waals surface area contributed by atoms with Crippen LogP contribution in [0.25, 0.3) is 0 Å². The second-order valence-electron chi connectivity index (χ2n) is 6.60. The van der Waals surface area contributed by atoms with Gasteiger partial charge in [0.25, 0.3) is 0 Å². The molecule has 156 valence electrons. The van der Waals surface area contributed by atoms with Crippen molar-refractivity contribution < 1.29 is 31.5 Å². The number of para-hydroxylation sites is 1. The normalized spacial score (nSPS) is 17.7. The maximum absolute atomic E-state index is 13.5. The molecule has 0 saturated carbocycles. The van der Waals surface area contributed by atoms with E-state index in [4.69, 9.17) is 9.47 Å². The van der Waals surface area contributed by atoms with Gasteiger partial charge in [0.2, 0.25) is 10.0 Å². The molecule has 2 aromatic carbocycles. The molecule has 9 heteroatoms. The zero-order chi connectivity index (χ0) is 20.9. The highest BCUT2D eigenvalue weighted by atomic mass is 32.2. The summed E-state index contributed by atoms with van der Waals surface area (Å²) in [6.45, 7) is 0.179. The fourth-order valence-corrected chi connectivity index (χ4v) is 4.61. The van der Waals surface area contributed by atoms with Gasteiger partial charge < -0.3 is 9.47 Å². The number of carbonyl (C=O) groups excluding carboxylic acids is 1. The average molecular weight is 425 g/mol. The van der Waals surface area contributed by atoms with Crippen molar-refractivity contribution in [3.8, 4) is 5.75 Å². The van der Waals surface area contributed by atoms with Crippen LogP contribution in [0.15, 0.2) is 53.4 Å². The number of benzene rings is 2. The first-order chi connectivity index (χ1) is 13.9. The van der Waals surface area contributed by atoms with Gasteiger partial charge in [-0.15, -0.1) is 0 Å². The third-order valence-corrected chi connectivity index (χ3v) is 6.47. The monoisotopic (exact) mass is 425 g/mol. The molecule has 6 nitrogen and oxygen atoms in total. The number of piperidine rings is 1. The summed E-state index contributed by atoms with van der Waals surface area (Å²) in [5.74, 6) is -2.10. The lowest BCUT2D eigenvalue weighted by Crippen LogP contribution is -2.42. The molecule has 0 amide bonds. The van der Waals surface area contributed by atoms with Gasteiger partial charge in [0.05, 0.1) is 10.8 Å². The number of carbonyl (C=O) groups is 1. The Labute approximate surface area is 168 Å². The SMILES string of the molecule is O=C(OCCOc1ccccc1F)C1CCCN(S(=O)(=O)c2ccc(F)cc2)C1. The molecule has 1 unspecified atom stereocenters. The van der Waals surface area contributed by atoms with Crippen LogP contribution >= 0.6 is 0 Å². The number of hydrogen-bond acceptors (Lipinski definition) is 5. The van der Waals surface area contributed by atoms with Crippen molar-refractivity contribution in [3.05, 3.63) is 60.2 Å². The smallest absolute Gasteiger partial charge is 0.310 e. The van der Waals surface area contributed by atoms with Crippen molar-refractivity contribution in [2.45, 2.75) is 17.7 Å². The third-order valence-electron chi connectivity index (χ3n) is 4.59. The summed E-state index contributed by atoms with van der Waals surface area (Å²) in [5, 5.41) is 0. The summed E-state index contributed by atoms with van der Waals surface area (Å²) in [5.41, 5.74) is 0. The molecular formula is C20H21F2NO5S. The molecule has 1 heterocycles. The van der Waals surface area contributed by atoms with Crippen LogP contribution in [0.5, 0.6) is 5.75 Å². The van der Waals surface area contributed by atoms with E-state index in [1.54, 1.807) is 6.07 Å². The number of hydrogen-bond donors (Lipinski definition) is 0. The first-order valence-corrected chi connectivity index (χ1v) is 10.6. The minimum absolute atomic E-state index is 0.00723. The fourth-order valence-electron chi connectivity index (χ4n) is 3.08. The Morgan fingerprint density at radius 3 is 2.52 bits per heavy atom. The van der Waals surface area contributed by atoms with Crippen molar-refractivity contribution in [2.75, 3.05) is 26.3 Å². The Kier molecular flexibility index (Phi) is 6.81. The first kappa shape index (κ1) is 21.2. The fraction of sp³-hybridized carbons (Fsp3) is 0.350. The Morgan fingerprint density at radius 2 is 1.79 bits per heavy atom. The molecule has 29 heavy (non-hydrogen) atoms. The highest BCUT2D eigenvalue weighted by molar-refractivity contribution is 7.89. The lowest BCUT2D eigenvalue weighted by atomic mass is 10.0. The molecular weight excluding hydrogens is 404 g/mol. The van der Waals surface area contributed by atoms with Crippen molar-refractivity contribution in [1.82, 2.24) is 4.31 Å². The van der Waals surface area contributed by atoms with E-state index < -0.39 is 33.5 Å². The Balaban J connectivity index is 1.52. The first-order valence-electron chi connectivity index (χ1n) is 9.17. The minimum Gasteiger partial charge on any atom is -0.487 e. The van der Waals surface area contributed by atoms with Gasteiger partial charge in [0, 0.05) is 13.1 Å². The van der Waals surface area contributed by atoms with Crippen LogP contribution in [0, 0.1) is 17.6 Å². The van der Waals surface area contributed by atoms with Crippen LogP contribution in [-0.4, -0.2) is 45.0 Å². The summed E-state index contributed by atoms with van der Waals surface area (Å²) in [6.07, 6.45) is 1.01.